The Balaban J connectivity index is 2.34. The van der Waals surface area contributed by atoms with Crippen LogP contribution in [0.15, 0.2) is 28.7 Å². The second kappa shape index (κ2) is 6.25. The van der Waals surface area contributed by atoms with Crippen LogP contribution in [0.1, 0.15) is 23.9 Å². The highest BCUT2D eigenvalue weighted by molar-refractivity contribution is 5.97. The standard InChI is InChI=1S/C14H14N2O6/c1-2-5-15(8-13(17)18)14(19)12-7-9-6-10(16(20)21)3-4-11(9)22-12/h3-4,6-7H,2,5,8H2,1H3,(H,17,18). The number of carboxylic acid groups (broad SMARTS) is 1. The number of amides is 1. The minimum absolute atomic E-state index is 0.0369. The molecule has 0 saturated heterocycles. The van der Waals surface area contributed by atoms with Crippen LogP contribution in [0.5, 0.6) is 0 Å². The van der Waals surface area contributed by atoms with Crippen LogP contribution in [0, 0.1) is 10.1 Å². The lowest BCUT2D eigenvalue weighted by Gasteiger charge is -2.18. The molecule has 1 aromatic heterocycles. The number of carboxylic acids is 1. The first-order chi connectivity index (χ1) is 10.4. The summed E-state index contributed by atoms with van der Waals surface area (Å²) in [5.74, 6) is -1.71. The van der Waals surface area contributed by atoms with E-state index in [-0.39, 0.29) is 18.0 Å². The Hall–Kier alpha value is -2.90. The Kier molecular flexibility index (Phi) is 4.40. The zero-order chi connectivity index (χ0) is 16.3. The van der Waals surface area contributed by atoms with E-state index in [1.165, 1.54) is 24.3 Å². The molecule has 2 aromatic rings. The lowest BCUT2D eigenvalue weighted by molar-refractivity contribution is -0.384. The molecule has 0 bridgehead atoms. The van der Waals surface area contributed by atoms with Gasteiger partial charge in [0.2, 0.25) is 0 Å². The van der Waals surface area contributed by atoms with E-state index >= 15 is 0 Å². The van der Waals surface area contributed by atoms with Crippen molar-refractivity contribution in [3.8, 4) is 0 Å². The third kappa shape index (κ3) is 3.22. The van der Waals surface area contributed by atoms with Gasteiger partial charge in [0.15, 0.2) is 5.76 Å². The number of nitrogens with zero attached hydrogens (tertiary/aromatic N) is 2. The van der Waals surface area contributed by atoms with Crippen LogP contribution >= 0.6 is 0 Å². The van der Waals surface area contributed by atoms with Crippen LogP contribution in [0.3, 0.4) is 0 Å². The number of carbonyl (C=O) groups is 2. The molecule has 0 atom stereocenters. The van der Waals surface area contributed by atoms with Crippen molar-refractivity contribution in [3.63, 3.8) is 0 Å². The van der Waals surface area contributed by atoms with Gasteiger partial charge in [0.05, 0.1) is 4.92 Å². The normalized spacial score (nSPS) is 10.6. The Labute approximate surface area is 125 Å². The highest BCUT2D eigenvalue weighted by Crippen LogP contribution is 2.25. The van der Waals surface area contributed by atoms with Gasteiger partial charge in [-0.3, -0.25) is 19.7 Å². The quantitative estimate of drug-likeness (QED) is 0.647. The van der Waals surface area contributed by atoms with Gasteiger partial charge in [-0.15, -0.1) is 0 Å². The summed E-state index contributed by atoms with van der Waals surface area (Å²) in [4.78, 5) is 34.5. The highest BCUT2D eigenvalue weighted by atomic mass is 16.6. The lowest BCUT2D eigenvalue weighted by Crippen LogP contribution is -2.36. The number of hydrogen-bond donors (Lipinski definition) is 1. The summed E-state index contributed by atoms with van der Waals surface area (Å²) in [6, 6.07) is 5.37. The molecule has 0 aliphatic rings. The SMILES string of the molecule is CCCN(CC(=O)O)C(=O)c1cc2cc([N+](=O)[O-])ccc2o1. The number of aliphatic carboxylic acids is 1. The fourth-order valence-electron chi connectivity index (χ4n) is 2.09. The van der Waals surface area contributed by atoms with Gasteiger partial charge in [0, 0.05) is 24.1 Å². The molecule has 2 rings (SSSR count). The number of rotatable bonds is 6. The van der Waals surface area contributed by atoms with Gasteiger partial charge in [0.25, 0.3) is 11.6 Å². The molecule has 0 unspecified atom stereocenters. The predicted molar refractivity (Wildman–Crippen MR) is 76.7 cm³/mol. The Morgan fingerprint density at radius 2 is 2.09 bits per heavy atom. The summed E-state index contributed by atoms with van der Waals surface area (Å²) in [5.41, 5.74) is 0.226. The van der Waals surface area contributed by atoms with E-state index in [0.717, 1.165) is 4.90 Å². The van der Waals surface area contributed by atoms with Crippen LogP contribution in [0.25, 0.3) is 11.0 Å². The highest BCUT2D eigenvalue weighted by Gasteiger charge is 2.22. The van der Waals surface area contributed by atoms with Crippen molar-refractivity contribution in [1.82, 2.24) is 4.90 Å². The van der Waals surface area contributed by atoms with Crippen molar-refractivity contribution >= 4 is 28.5 Å². The lowest BCUT2D eigenvalue weighted by atomic mass is 10.2. The molecule has 0 spiro atoms. The van der Waals surface area contributed by atoms with Crippen molar-refractivity contribution in [2.24, 2.45) is 0 Å². The summed E-state index contributed by atoms with van der Waals surface area (Å²) < 4.78 is 5.37. The van der Waals surface area contributed by atoms with Gasteiger partial charge < -0.3 is 14.4 Å². The molecule has 0 radical (unpaired) electrons. The van der Waals surface area contributed by atoms with Gasteiger partial charge >= 0.3 is 5.97 Å². The van der Waals surface area contributed by atoms with E-state index in [4.69, 9.17) is 9.52 Å². The maximum atomic E-state index is 12.3. The van der Waals surface area contributed by atoms with Crippen LogP contribution < -0.4 is 0 Å². The molecule has 8 heteroatoms. The number of hydrogen-bond acceptors (Lipinski definition) is 5. The number of fused-ring (bicyclic) bond motifs is 1. The minimum atomic E-state index is -1.12. The first-order valence-electron chi connectivity index (χ1n) is 6.61. The van der Waals surface area contributed by atoms with Gasteiger partial charge in [-0.2, -0.15) is 0 Å². The molecular formula is C14H14N2O6. The van der Waals surface area contributed by atoms with Gasteiger partial charge in [-0.25, -0.2) is 0 Å². The van der Waals surface area contributed by atoms with Crippen molar-refractivity contribution in [3.05, 3.63) is 40.1 Å². The molecule has 0 aliphatic heterocycles. The number of furan rings is 1. The number of carbonyl (C=O) groups excluding carboxylic acids is 1. The predicted octanol–water partition coefficient (Wildman–Crippen LogP) is 2.28. The molecule has 0 aliphatic carbocycles. The van der Waals surface area contributed by atoms with E-state index in [0.29, 0.717) is 17.4 Å². The fraction of sp³-hybridized carbons (Fsp3) is 0.286. The molecule has 116 valence electrons. The van der Waals surface area contributed by atoms with E-state index in [1.54, 1.807) is 0 Å². The molecule has 1 aromatic carbocycles. The smallest absolute Gasteiger partial charge is 0.323 e. The second-order valence-electron chi connectivity index (χ2n) is 4.71. The summed E-state index contributed by atoms with van der Waals surface area (Å²) in [7, 11) is 0. The largest absolute Gasteiger partial charge is 0.480 e. The first kappa shape index (κ1) is 15.5. The summed E-state index contributed by atoms with van der Waals surface area (Å²) in [6.07, 6.45) is 0.602. The summed E-state index contributed by atoms with van der Waals surface area (Å²) in [5, 5.41) is 20.0. The average Bonchev–Trinajstić information content (AvgIpc) is 2.88. The van der Waals surface area contributed by atoms with Crippen molar-refractivity contribution in [2.75, 3.05) is 13.1 Å². The van der Waals surface area contributed by atoms with E-state index in [9.17, 15) is 19.7 Å². The monoisotopic (exact) mass is 306 g/mol. The molecule has 1 N–H and O–H groups in total. The van der Waals surface area contributed by atoms with E-state index < -0.39 is 23.3 Å². The molecule has 1 amide bonds. The summed E-state index contributed by atoms with van der Waals surface area (Å²) in [6.45, 7) is 1.68. The molecular weight excluding hydrogens is 292 g/mol. The maximum absolute atomic E-state index is 12.3. The van der Waals surface area contributed by atoms with E-state index in [1.807, 2.05) is 6.92 Å². The van der Waals surface area contributed by atoms with Crippen molar-refractivity contribution < 1.29 is 24.0 Å². The average molecular weight is 306 g/mol. The molecule has 1 heterocycles. The van der Waals surface area contributed by atoms with Gasteiger partial charge in [0.1, 0.15) is 12.1 Å². The molecule has 22 heavy (non-hydrogen) atoms. The first-order valence-corrected chi connectivity index (χ1v) is 6.61. The Morgan fingerprint density at radius 1 is 1.36 bits per heavy atom. The maximum Gasteiger partial charge on any atom is 0.323 e. The Bertz CT molecular complexity index is 736. The third-order valence-corrected chi connectivity index (χ3v) is 3.03. The number of nitro groups is 1. The Morgan fingerprint density at radius 3 is 2.68 bits per heavy atom. The number of non-ortho nitro benzene ring substituents is 1. The van der Waals surface area contributed by atoms with Gasteiger partial charge in [-0.1, -0.05) is 6.92 Å². The van der Waals surface area contributed by atoms with Crippen LogP contribution in [0.2, 0.25) is 0 Å². The number of nitro benzene ring substituents is 1. The zero-order valence-corrected chi connectivity index (χ0v) is 11.8. The fourth-order valence-corrected chi connectivity index (χ4v) is 2.09. The van der Waals surface area contributed by atoms with Crippen molar-refractivity contribution in [1.29, 1.82) is 0 Å². The zero-order valence-electron chi connectivity index (χ0n) is 11.8. The number of benzene rings is 1. The van der Waals surface area contributed by atoms with Crippen LogP contribution in [-0.4, -0.2) is 39.9 Å². The van der Waals surface area contributed by atoms with Gasteiger partial charge in [-0.05, 0) is 18.6 Å². The van der Waals surface area contributed by atoms with Crippen LogP contribution in [-0.2, 0) is 4.79 Å². The topological polar surface area (TPSA) is 114 Å². The van der Waals surface area contributed by atoms with E-state index in [2.05, 4.69) is 0 Å². The molecule has 8 nitrogen and oxygen atoms in total. The van der Waals surface area contributed by atoms with Crippen molar-refractivity contribution in [2.45, 2.75) is 13.3 Å². The summed E-state index contributed by atoms with van der Waals surface area (Å²) >= 11 is 0. The third-order valence-electron chi connectivity index (χ3n) is 3.03. The second-order valence-corrected chi connectivity index (χ2v) is 4.71. The molecule has 0 saturated carbocycles. The minimum Gasteiger partial charge on any atom is -0.480 e. The molecule has 0 fully saturated rings. The van der Waals surface area contributed by atoms with Crippen LogP contribution in [0.4, 0.5) is 5.69 Å².